The summed E-state index contributed by atoms with van der Waals surface area (Å²) >= 11 is 0. The predicted octanol–water partition coefficient (Wildman–Crippen LogP) is 3.02. The number of benzene rings is 2. The second-order valence-electron chi connectivity index (χ2n) is 7.23. The third-order valence-electron chi connectivity index (χ3n) is 4.94. The van der Waals surface area contributed by atoms with E-state index in [1.165, 1.54) is 0 Å². The van der Waals surface area contributed by atoms with Crippen LogP contribution in [0.25, 0.3) is 21.9 Å². The van der Waals surface area contributed by atoms with Crippen molar-refractivity contribution in [2.45, 2.75) is 20.3 Å². The molecule has 0 atom stereocenters. The molecule has 0 saturated carbocycles. The SMILES string of the molecule is CCOC(=O)c1cc(=O)c2cc(Cc3ccc4oc(C(=O)OCC)cc(=O)c4c3)ccc2o1.O. The number of rotatable bonds is 6. The molecule has 0 bridgehead atoms. The van der Waals surface area contributed by atoms with Crippen LogP contribution in [-0.4, -0.2) is 30.6 Å². The normalized spacial score (nSPS) is 10.6. The van der Waals surface area contributed by atoms with Crippen LogP contribution in [0, 0.1) is 0 Å². The van der Waals surface area contributed by atoms with E-state index < -0.39 is 11.9 Å². The molecule has 0 aliphatic carbocycles. The molecule has 2 N–H and O–H groups in total. The summed E-state index contributed by atoms with van der Waals surface area (Å²) in [5.41, 5.74) is 1.47. The van der Waals surface area contributed by atoms with Crippen LogP contribution in [0.3, 0.4) is 0 Å². The van der Waals surface area contributed by atoms with Gasteiger partial charge in [-0.1, -0.05) is 12.1 Å². The Morgan fingerprint density at radius 3 is 1.50 bits per heavy atom. The van der Waals surface area contributed by atoms with Gasteiger partial charge in [0.1, 0.15) is 11.2 Å². The van der Waals surface area contributed by atoms with E-state index >= 15 is 0 Å². The Morgan fingerprint density at radius 2 is 1.12 bits per heavy atom. The standard InChI is InChI=1S/C25H20O8.H2O/c1-3-30-24(28)22-12-18(26)16-10-14(5-7-20(16)32-22)9-15-6-8-21-17(11-15)19(27)13-23(33-21)25(29)31-4-2;/h5-8,10-13H,3-4,9H2,1-2H3;1H2. The molecule has 4 aromatic rings. The van der Waals surface area contributed by atoms with E-state index in [1.54, 1.807) is 50.2 Å². The summed E-state index contributed by atoms with van der Waals surface area (Å²) in [6.07, 6.45) is 0.435. The first-order valence-electron chi connectivity index (χ1n) is 10.4. The summed E-state index contributed by atoms with van der Waals surface area (Å²) in [6, 6.07) is 12.4. The number of carbonyl (C=O) groups is 2. The number of hydrogen-bond acceptors (Lipinski definition) is 8. The van der Waals surface area contributed by atoms with Crippen molar-refractivity contribution in [3.05, 3.63) is 91.6 Å². The van der Waals surface area contributed by atoms with Crippen LogP contribution in [0.1, 0.15) is 46.1 Å². The molecular formula is C25H22O9. The third-order valence-corrected chi connectivity index (χ3v) is 4.94. The zero-order valence-electron chi connectivity index (χ0n) is 18.5. The molecule has 0 amide bonds. The van der Waals surface area contributed by atoms with Gasteiger partial charge < -0.3 is 23.8 Å². The highest BCUT2D eigenvalue weighted by atomic mass is 16.5. The second kappa shape index (κ2) is 10.1. The largest absolute Gasteiger partial charge is 0.460 e. The van der Waals surface area contributed by atoms with Crippen LogP contribution >= 0.6 is 0 Å². The van der Waals surface area contributed by atoms with E-state index in [1.807, 2.05) is 0 Å². The summed E-state index contributed by atoms with van der Waals surface area (Å²) in [5.74, 6) is -1.68. The highest BCUT2D eigenvalue weighted by Crippen LogP contribution is 2.20. The Hall–Kier alpha value is -4.24. The monoisotopic (exact) mass is 466 g/mol. The van der Waals surface area contributed by atoms with Gasteiger partial charge >= 0.3 is 11.9 Å². The summed E-state index contributed by atoms with van der Waals surface area (Å²) in [7, 11) is 0. The topological polar surface area (TPSA) is 145 Å². The van der Waals surface area contributed by atoms with Crippen molar-refractivity contribution in [1.29, 1.82) is 0 Å². The smallest absolute Gasteiger partial charge is 0.374 e. The minimum Gasteiger partial charge on any atom is -0.460 e. The zero-order chi connectivity index (χ0) is 23.5. The van der Waals surface area contributed by atoms with Crippen LogP contribution in [-0.2, 0) is 15.9 Å². The second-order valence-corrected chi connectivity index (χ2v) is 7.23. The lowest BCUT2D eigenvalue weighted by atomic mass is 10.0. The number of ether oxygens (including phenoxy) is 2. The van der Waals surface area contributed by atoms with Crippen molar-refractivity contribution in [3.8, 4) is 0 Å². The molecule has 0 spiro atoms. The maximum absolute atomic E-state index is 12.5. The van der Waals surface area contributed by atoms with E-state index in [0.29, 0.717) is 17.2 Å². The van der Waals surface area contributed by atoms with Crippen molar-refractivity contribution in [3.63, 3.8) is 0 Å². The van der Waals surface area contributed by atoms with Crippen LogP contribution in [0.2, 0.25) is 0 Å². The van der Waals surface area contributed by atoms with Gasteiger partial charge in [0.15, 0.2) is 10.9 Å². The fourth-order valence-electron chi connectivity index (χ4n) is 3.47. The molecule has 0 aliphatic heterocycles. The molecule has 9 heteroatoms. The fraction of sp³-hybridized carbons (Fsp3) is 0.200. The average Bonchev–Trinajstić information content (AvgIpc) is 2.80. The van der Waals surface area contributed by atoms with E-state index in [2.05, 4.69) is 0 Å². The molecular weight excluding hydrogens is 444 g/mol. The van der Waals surface area contributed by atoms with Gasteiger partial charge in [-0.15, -0.1) is 0 Å². The molecule has 0 radical (unpaired) electrons. The first-order valence-corrected chi connectivity index (χ1v) is 10.4. The van der Waals surface area contributed by atoms with Gasteiger partial charge in [0.2, 0.25) is 11.5 Å². The highest BCUT2D eigenvalue weighted by Gasteiger charge is 2.15. The van der Waals surface area contributed by atoms with Crippen molar-refractivity contribution in [2.24, 2.45) is 0 Å². The van der Waals surface area contributed by atoms with Gasteiger partial charge in [-0.05, 0) is 55.7 Å². The Kier molecular flexibility index (Phi) is 7.28. The minimum atomic E-state index is -0.693. The molecule has 0 fully saturated rings. The van der Waals surface area contributed by atoms with Gasteiger partial charge in [-0.2, -0.15) is 0 Å². The van der Waals surface area contributed by atoms with Crippen molar-refractivity contribution in [2.75, 3.05) is 13.2 Å². The maximum atomic E-state index is 12.5. The predicted molar refractivity (Wildman–Crippen MR) is 123 cm³/mol. The maximum Gasteiger partial charge on any atom is 0.374 e. The summed E-state index contributed by atoms with van der Waals surface area (Å²) in [6.45, 7) is 3.68. The first kappa shape index (κ1) is 24.4. The van der Waals surface area contributed by atoms with Crippen LogP contribution in [0.4, 0.5) is 0 Å². The quantitative estimate of drug-likeness (QED) is 0.394. The Bertz CT molecular complexity index is 1380. The molecule has 0 unspecified atom stereocenters. The molecule has 176 valence electrons. The van der Waals surface area contributed by atoms with E-state index in [4.69, 9.17) is 18.3 Å². The van der Waals surface area contributed by atoms with E-state index in [-0.39, 0.29) is 52.2 Å². The van der Waals surface area contributed by atoms with Gasteiger partial charge in [0, 0.05) is 12.1 Å². The number of esters is 2. The van der Waals surface area contributed by atoms with Crippen molar-refractivity contribution >= 4 is 33.9 Å². The Labute approximate surface area is 192 Å². The van der Waals surface area contributed by atoms with Gasteiger partial charge in [-0.3, -0.25) is 9.59 Å². The molecule has 34 heavy (non-hydrogen) atoms. The number of carbonyl (C=O) groups excluding carboxylic acids is 2. The van der Waals surface area contributed by atoms with E-state index in [0.717, 1.165) is 23.3 Å². The highest BCUT2D eigenvalue weighted by molar-refractivity contribution is 5.90. The van der Waals surface area contributed by atoms with Crippen molar-refractivity contribution in [1.82, 2.24) is 0 Å². The first-order chi connectivity index (χ1) is 15.9. The Morgan fingerprint density at radius 1 is 0.706 bits per heavy atom. The average molecular weight is 466 g/mol. The molecule has 4 rings (SSSR count). The van der Waals surface area contributed by atoms with Crippen LogP contribution in [0.15, 0.2) is 67.0 Å². The van der Waals surface area contributed by atoms with Crippen molar-refractivity contribution < 1.29 is 33.4 Å². The number of hydrogen-bond donors (Lipinski definition) is 0. The lowest BCUT2D eigenvalue weighted by Crippen LogP contribution is -2.10. The van der Waals surface area contributed by atoms with E-state index in [9.17, 15) is 19.2 Å². The summed E-state index contributed by atoms with van der Waals surface area (Å²) < 4.78 is 20.8. The zero-order valence-corrected chi connectivity index (χ0v) is 18.5. The van der Waals surface area contributed by atoms with Gasteiger partial charge in [0.05, 0.1) is 24.0 Å². The molecule has 0 saturated heterocycles. The lowest BCUT2D eigenvalue weighted by molar-refractivity contribution is 0.0482. The molecule has 0 aliphatic rings. The number of fused-ring (bicyclic) bond motifs is 2. The summed E-state index contributed by atoms with van der Waals surface area (Å²) in [4.78, 5) is 48.7. The van der Waals surface area contributed by atoms with Gasteiger partial charge in [0.25, 0.3) is 0 Å². The third kappa shape index (κ3) is 4.89. The van der Waals surface area contributed by atoms with Gasteiger partial charge in [-0.25, -0.2) is 9.59 Å². The minimum absolute atomic E-state index is 0. The fourth-order valence-corrected chi connectivity index (χ4v) is 3.47. The summed E-state index contributed by atoms with van der Waals surface area (Å²) in [5, 5.41) is 0.667. The lowest BCUT2D eigenvalue weighted by Gasteiger charge is -2.07. The molecule has 2 aromatic carbocycles. The molecule has 2 heterocycles. The van der Waals surface area contributed by atoms with Crippen LogP contribution in [0.5, 0.6) is 0 Å². The molecule has 2 aromatic heterocycles. The molecule has 9 nitrogen and oxygen atoms in total. The van der Waals surface area contributed by atoms with Crippen LogP contribution < -0.4 is 10.9 Å². The Balaban J connectivity index is 0.00000324.